The molecule has 0 radical (unpaired) electrons. The van der Waals surface area contributed by atoms with Gasteiger partial charge >= 0.3 is 5.97 Å². The minimum atomic E-state index is -0.250. The Morgan fingerprint density at radius 3 is 2.68 bits per heavy atom. The lowest BCUT2D eigenvalue weighted by atomic mass is 9.96. The van der Waals surface area contributed by atoms with E-state index in [9.17, 15) is 14.4 Å². The maximum Gasteiger partial charge on any atom is 0.308 e. The highest BCUT2D eigenvalue weighted by Crippen LogP contribution is 2.34. The number of piperidine rings is 1. The fourth-order valence-electron chi connectivity index (χ4n) is 4.86. The first kappa shape index (κ1) is 22.6. The van der Waals surface area contributed by atoms with E-state index < -0.39 is 0 Å². The van der Waals surface area contributed by atoms with E-state index in [0.29, 0.717) is 47.9 Å². The van der Waals surface area contributed by atoms with E-state index in [1.807, 2.05) is 26.0 Å². The SMILES string of the molecule is COC(=O)C1CCN(C(=O)CC2CSc3nc4c(cnn4-c4ccc(C)cc4C)c(=O)n32)CC1. The third kappa shape index (κ3) is 3.89. The highest BCUT2D eigenvalue weighted by atomic mass is 32.2. The number of fused-ring (bicyclic) bond motifs is 2. The predicted octanol–water partition coefficient (Wildman–Crippen LogP) is 2.65. The van der Waals surface area contributed by atoms with E-state index >= 15 is 0 Å². The number of thioether (sulfide) groups is 1. The van der Waals surface area contributed by atoms with Crippen molar-refractivity contribution in [1.29, 1.82) is 0 Å². The highest BCUT2D eigenvalue weighted by molar-refractivity contribution is 7.99. The first-order valence-electron chi connectivity index (χ1n) is 11.4. The molecule has 1 saturated heterocycles. The minimum absolute atomic E-state index is 0.000243. The Labute approximate surface area is 201 Å². The molecule has 0 bridgehead atoms. The van der Waals surface area contributed by atoms with Gasteiger partial charge in [-0.15, -0.1) is 0 Å². The standard InChI is InChI=1S/C24H27N5O4S/c1-14-4-5-19(15(2)10-14)29-21-18(12-25-29)22(31)28-17(13-34-24(28)26-21)11-20(30)27-8-6-16(7-9-27)23(32)33-3/h4-5,10,12,16-17H,6-9,11,13H2,1-3H3. The number of ether oxygens (including phenoxy) is 1. The molecule has 34 heavy (non-hydrogen) atoms. The molecule has 5 rings (SSSR count). The molecular weight excluding hydrogens is 454 g/mol. The molecule has 0 saturated carbocycles. The monoisotopic (exact) mass is 481 g/mol. The summed E-state index contributed by atoms with van der Waals surface area (Å²) in [5.74, 6) is 0.262. The fourth-order valence-corrected chi connectivity index (χ4v) is 5.99. The van der Waals surface area contributed by atoms with Crippen molar-refractivity contribution < 1.29 is 14.3 Å². The van der Waals surface area contributed by atoms with Crippen LogP contribution in [0.15, 0.2) is 34.3 Å². The molecular formula is C24H27N5O4S. The van der Waals surface area contributed by atoms with Gasteiger partial charge < -0.3 is 9.64 Å². The highest BCUT2D eigenvalue weighted by Gasteiger charge is 2.33. The van der Waals surface area contributed by atoms with E-state index in [-0.39, 0.29) is 35.8 Å². The molecule has 10 heteroatoms. The van der Waals surface area contributed by atoms with Crippen LogP contribution < -0.4 is 5.56 Å². The Kier molecular flexibility index (Phi) is 5.93. The molecule has 2 aromatic heterocycles. The number of rotatable bonds is 4. The second kappa shape index (κ2) is 8.90. The lowest BCUT2D eigenvalue weighted by Crippen LogP contribution is -2.41. The van der Waals surface area contributed by atoms with Crippen molar-refractivity contribution in [2.75, 3.05) is 26.0 Å². The Morgan fingerprint density at radius 2 is 1.97 bits per heavy atom. The third-order valence-corrected chi connectivity index (χ3v) is 7.84. The van der Waals surface area contributed by atoms with Crippen LogP contribution in [0.25, 0.3) is 16.7 Å². The van der Waals surface area contributed by atoms with E-state index in [1.165, 1.54) is 18.9 Å². The van der Waals surface area contributed by atoms with Gasteiger partial charge in [-0.2, -0.15) is 5.10 Å². The van der Waals surface area contributed by atoms with Gasteiger partial charge in [-0.25, -0.2) is 9.67 Å². The van der Waals surface area contributed by atoms with Gasteiger partial charge in [0.25, 0.3) is 5.56 Å². The molecule has 1 unspecified atom stereocenters. The van der Waals surface area contributed by atoms with Crippen molar-refractivity contribution >= 4 is 34.7 Å². The summed E-state index contributed by atoms with van der Waals surface area (Å²) in [6.07, 6.45) is 3.01. The summed E-state index contributed by atoms with van der Waals surface area (Å²) >= 11 is 1.49. The molecule has 1 atom stereocenters. The van der Waals surface area contributed by atoms with Gasteiger partial charge in [0.15, 0.2) is 10.8 Å². The van der Waals surface area contributed by atoms with Crippen LogP contribution >= 0.6 is 11.8 Å². The summed E-state index contributed by atoms with van der Waals surface area (Å²) in [6, 6.07) is 5.83. The molecule has 1 aromatic carbocycles. The molecule has 0 aliphatic carbocycles. The molecule has 0 spiro atoms. The third-order valence-electron chi connectivity index (χ3n) is 6.74. The molecule has 1 amide bonds. The van der Waals surface area contributed by atoms with Gasteiger partial charge in [-0.05, 0) is 38.3 Å². The molecule has 4 heterocycles. The quantitative estimate of drug-likeness (QED) is 0.417. The first-order chi connectivity index (χ1) is 16.4. The van der Waals surface area contributed by atoms with Gasteiger partial charge in [0.2, 0.25) is 5.91 Å². The number of carbonyl (C=O) groups excluding carboxylic acids is 2. The number of nitrogens with zero attached hydrogens (tertiary/aromatic N) is 5. The Morgan fingerprint density at radius 1 is 1.21 bits per heavy atom. The van der Waals surface area contributed by atoms with Crippen molar-refractivity contribution in [3.63, 3.8) is 0 Å². The van der Waals surface area contributed by atoms with Crippen molar-refractivity contribution in [2.24, 2.45) is 5.92 Å². The van der Waals surface area contributed by atoms with Crippen LogP contribution in [0, 0.1) is 19.8 Å². The number of hydrogen-bond donors (Lipinski definition) is 0. The zero-order chi connectivity index (χ0) is 24.0. The van der Waals surface area contributed by atoms with Crippen molar-refractivity contribution in [2.45, 2.75) is 44.3 Å². The van der Waals surface area contributed by atoms with Crippen molar-refractivity contribution in [1.82, 2.24) is 24.2 Å². The van der Waals surface area contributed by atoms with Gasteiger partial charge in [0.1, 0.15) is 5.39 Å². The normalized spacial score (nSPS) is 18.3. The van der Waals surface area contributed by atoms with Crippen LogP contribution in [0.4, 0.5) is 0 Å². The zero-order valence-corrected chi connectivity index (χ0v) is 20.3. The Balaban J connectivity index is 1.38. The summed E-state index contributed by atoms with van der Waals surface area (Å²) in [7, 11) is 1.39. The number of esters is 1. The number of amides is 1. The number of carbonyl (C=O) groups is 2. The molecule has 0 N–H and O–H groups in total. The average Bonchev–Trinajstić information content (AvgIpc) is 3.43. The Bertz CT molecular complexity index is 1340. The number of aromatic nitrogens is 4. The van der Waals surface area contributed by atoms with Crippen LogP contribution in [-0.2, 0) is 14.3 Å². The van der Waals surface area contributed by atoms with Gasteiger partial charge in [0.05, 0.1) is 31.0 Å². The average molecular weight is 482 g/mol. The summed E-state index contributed by atoms with van der Waals surface area (Å²) in [5.41, 5.74) is 3.47. The lowest BCUT2D eigenvalue weighted by molar-refractivity contribution is -0.149. The number of benzene rings is 1. The predicted molar refractivity (Wildman–Crippen MR) is 128 cm³/mol. The molecule has 2 aliphatic heterocycles. The van der Waals surface area contributed by atoms with E-state index in [4.69, 9.17) is 9.72 Å². The number of likely N-dealkylation sites (tertiary alicyclic amines) is 1. The first-order valence-corrected chi connectivity index (χ1v) is 12.4. The van der Waals surface area contributed by atoms with Crippen LogP contribution in [0.3, 0.4) is 0 Å². The smallest absolute Gasteiger partial charge is 0.308 e. The molecule has 1 fully saturated rings. The van der Waals surface area contributed by atoms with Gasteiger partial charge in [0, 0.05) is 25.3 Å². The Hall–Kier alpha value is -3.14. The largest absolute Gasteiger partial charge is 0.469 e. The summed E-state index contributed by atoms with van der Waals surface area (Å²) in [4.78, 5) is 44.7. The molecule has 3 aromatic rings. The summed E-state index contributed by atoms with van der Waals surface area (Å²) in [5, 5.41) is 5.53. The fraction of sp³-hybridized carbons (Fsp3) is 0.458. The summed E-state index contributed by atoms with van der Waals surface area (Å²) in [6.45, 7) is 5.11. The van der Waals surface area contributed by atoms with Crippen molar-refractivity contribution in [3.05, 3.63) is 45.9 Å². The van der Waals surface area contributed by atoms with Crippen LogP contribution in [0.5, 0.6) is 0 Å². The van der Waals surface area contributed by atoms with Crippen molar-refractivity contribution in [3.8, 4) is 5.69 Å². The topological polar surface area (TPSA) is 99.3 Å². The second-order valence-corrected chi connectivity index (χ2v) is 9.99. The maximum atomic E-state index is 13.4. The van der Waals surface area contributed by atoms with Crippen LogP contribution in [-0.4, -0.2) is 62.1 Å². The molecule has 2 aliphatic rings. The molecule has 178 valence electrons. The number of hydrogen-bond acceptors (Lipinski definition) is 7. The van der Waals surface area contributed by atoms with Crippen LogP contribution in [0.1, 0.15) is 36.4 Å². The lowest BCUT2D eigenvalue weighted by Gasteiger charge is -2.31. The van der Waals surface area contributed by atoms with Gasteiger partial charge in [-0.1, -0.05) is 29.5 Å². The van der Waals surface area contributed by atoms with E-state index in [1.54, 1.807) is 20.3 Å². The number of aryl methyl sites for hydroxylation is 2. The van der Waals surface area contributed by atoms with E-state index in [0.717, 1.165) is 16.8 Å². The maximum absolute atomic E-state index is 13.4. The summed E-state index contributed by atoms with van der Waals surface area (Å²) < 4.78 is 8.20. The molecule has 9 nitrogen and oxygen atoms in total. The van der Waals surface area contributed by atoms with E-state index in [2.05, 4.69) is 11.2 Å². The zero-order valence-electron chi connectivity index (χ0n) is 19.5. The second-order valence-electron chi connectivity index (χ2n) is 9.00. The van der Waals surface area contributed by atoms with Gasteiger partial charge in [-0.3, -0.25) is 19.0 Å². The van der Waals surface area contributed by atoms with Crippen LogP contribution in [0.2, 0.25) is 0 Å². The number of methoxy groups -OCH3 is 1. The minimum Gasteiger partial charge on any atom is -0.469 e.